The first-order valence-corrected chi connectivity index (χ1v) is 4.59. The van der Waals surface area contributed by atoms with Gasteiger partial charge in [0.15, 0.2) is 0 Å². The molecule has 0 fully saturated rings. The van der Waals surface area contributed by atoms with Crippen LogP contribution in [0.1, 0.15) is 18.0 Å². The first-order valence-electron chi connectivity index (χ1n) is 3.84. The Morgan fingerprint density at radius 2 is 2.14 bits per heavy atom. The van der Waals surface area contributed by atoms with Crippen molar-refractivity contribution in [2.45, 2.75) is 12.5 Å². The van der Waals surface area contributed by atoms with E-state index in [0.29, 0.717) is 0 Å². The van der Waals surface area contributed by atoms with Crippen molar-refractivity contribution in [3.05, 3.63) is 33.6 Å². The molecule has 1 aromatic rings. The summed E-state index contributed by atoms with van der Waals surface area (Å²) in [5, 5.41) is 8.61. The molecule has 1 atom stereocenters. The van der Waals surface area contributed by atoms with Gasteiger partial charge in [-0.1, -0.05) is 23.2 Å². The van der Waals surface area contributed by atoms with E-state index in [4.69, 9.17) is 34.2 Å². The fourth-order valence-electron chi connectivity index (χ4n) is 1.08. The minimum Gasteiger partial charge on any atom is -0.323 e. The van der Waals surface area contributed by atoms with Crippen molar-refractivity contribution in [2.75, 3.05) is 0 Å². The molecule has 74 valence electrons. The van der Waals surface area contributed by atoms with Crippen molar-refractivity contribution < 1.29 is 4.39 Å². The summed E-state index contributed by atoms with van der Waals surface area (Å²) >= 11 is 11.5. The third-order valence-corrected chi connectivity index (χ3v) is 2.48. The van der Waals surface area contributed by atoms with Crippen molar-refractivity contribution in [3.63, 3.8) is 0 Å². The number of nitrogens with zero attached hydrogens (tertiary/aromatic N) is 1. The summed E-state index contributed by atoms with van der Waals surface area (Å²) in [5.41, 5.74) is 5.90. The van der Waals surface area contributed by atoms with E-state index in [1.165, 1.54) is 6.07 Å². The lowest BCUT2D eigenvalue weighted by molar-refractivity contribution is 0.620. The molecular formula is C9H7Cl2FN2. The van der Waals surface area contributed by atoms with E-state index in [2.05, 4.69) is 0 Å². The summed E-state index contributed by atoms with van der Waals surface area (Å²) in [6.45, 7) is 0. The standard InChI is InChI=1S/C9H7Cl2FN2/c10-5-1-2-6(12)9(11)8(5)7(14)3-4-13/h1-2,7H,3,14H2/t7-/m1/s1. The van der Waals surface area contributed by atoms with Gasteiger partial charge in [-0.3, -0.25) is 0 Å². The third kappa shape index (κ3) is 2.16. The van der Waals surface area contributed by atoms with E-state index in [0.717, 1.165) is 6.07 Å². The summed E-state index contributed by atoms with van der Waals surface area (Å²) in [6.07, 6.45) is 0.0445. The van der Waals surface area contributed by atoms with Gasteiger partial charge >= 0.3 is 0 Å². The molecule has 14 heavy (non-hydrogen) atoms. The second-order valence-electron chi connectivity index (χ2n) is 2.73. The number of rotatable bonds is 2. The molecule has 0 aliphatic rings. The second-order valence-corrected chi connectivity index (χ2v) is 3.51. The van der Waals surface area contributed by atoms with Crippen molar-refractivity contribution in [3.8, 4) is 6.07 Å². The molecule has 0 aliphatic heterocycles. The first-order chi connectivity index (χ1) is 6.57. The van der Waals surface area contributed by atoms with Crippen LogP contribution < -0.4 is 5.73 Å². The van der Waals surface area contributed by atoms with Crippen LogP contribution in [-0.2, 0) is 0 Å². The Bertz CT molecular complexity index is 387. The smallest absolute Gasteiger partial charge is 0.142 e. The maximum atomic E-state index is 13.0. The number of hydrogen-bond acceptors (Lipinski definition) is 2. The summed E-state index contributed by atoms with van der Waals surface area (Å²) in [5.74, 6) is -0.584. The molecule has 0 saturated carbocycles. The van der Waals surface area contributed by atoms with Crippen molar-refractivity contribution in [1.29, 1.82) is 5.26 Å². The fourth-order valence-corrected chi connectivity index (χ4v) is 1.73. The van der Waals surface area contributed by atoms with Crippen LogP contribution in [0.4, 0.5) is 4.39 Å². The van der Waals surface area contributed by atoms with Crippen molar-refractivity contribution in [2.24, 2.45) is 5.73 Å². The highest BCUT2D eigenvalue weighted by Gasteiger charge is 2.16. The molecule has 1 rings (SSSR count). The molecule has 0 unspecified atom stereocenters. The minimum atomic E-state index is -0.657. The lowest BCUT2D eigenvalue weighted by atomic mass is 10.1. The largest absolute Gasteiger partial charge is 0.323 e. The molecule has 2 N–H and O–H groups in total. The molecule has 5 heteroatoms. The zero-order valence-corrected chi connectivity index (χ0v) is 8.61. The summed E-state index contributed by atoms with van der Waals surface area (Å²) in [7, 11) is 0. The Morgan fingerprint density at radius 3 is 2.71 bits per heavy atom. The van der Waals surface area contributed by atoms with E-state index >= 15 is 0 Å². The lowest BCUT2D eigenvalue weighted by Crippen LogP contribution is -2.11. The Balaban J connectivity index is 3.19. The van der Waals surface area contributed by atoms with E-state index in [9.17, 15) is 4.39 Å². The summed E-state index contributed by atoms with van der Waals surface area (Å²) < 4.78 is 13.0. The van der Waals surface area contributed by atoms with Gasteiger partial charge in [-0.2, -0.15) is 5.26 Å². The summed E-state index contributed by atoms with van der Waals surface area (Å²) in [6, 6.07) is 3.75. The lowest BCUT2D eigenvalue weighted by Gasteiger charge is -2.12. The Kier molecular flexibility index (Phi) is 3.70. The van der Waals surface area contributed by atoms with Crippen LogP contribution in [-0.4, -0.2) is 0 Å². The van der Waals surface area contributed by atoms with Crippen LogP contribution in [0.3, 0.4) is 0 Å². The number of halogens is 3. The van der Waals surface area contributed by atoms with E-state index in [1.54, 1.807) is 0 Å². The van der Waals surface area contributed by atoms with Crippen LogP contribution in [0, 0.1) is 17.1 Å². The molecule has 0 spiro atoms. The van der Waals surface area contributed by atoms with Crippen LogP contribution in [0.15, 0.2) is 12.1 Å². The van der Waals surface area contributed by atoms with Crippen LogP contribution in [0.2, 0.25) is 10.0 Å². The SMILES string of the molecule is N#CC[C@@H](N)c1c(Cl)ccc(F)c1Cl. The predicted molar refractivity (Wildman–Crippen MR) is 53.6 cm³/mol. The minimum absolute atomic E-state index is 0.0445. The molecule has 0 amide bonds. The van der Waals surface area contributed by atoms with Gasteiger partial charge in [0.2, 0.25) is 0 Å². The van der Waals surface area contributed by atoms with E-state index in [-0.39, 0.29) is 22.0 Å². The Morgan fingerprint density at radius 1 is 1.50 bits per heavy atom. The maximum Gasteiger partial charge on any atom is 0.142 e. The monoisotopic (exact) mass is 232 g/mol. The average Bonchev–Trinajstić information content (AvgIpc) is 2.13. The molecule has 0 saturated heterocycles. The third-order valence-electron chi connectivity index (χ3n) is 1.76. The van der Waals surface area contributed by atoms with Gasteiger partial charge in [0.05, 0.1) is 17.5 Å². The molecular weight excluding hydrogens is 226 g/mol. The Hall–Kier alpha value is -0.820. The van der Waals surface area contributed by atoms with Crippen LogP contribution >= 0.6 is 23.2 Å². The van der Waals surface area contributed by atoms with Crippen LogP contribution in [0.25, 0.3) is 0 Å². The number of hydrogen-bond donors (Lipinski definition) is 1. The van der Waals surface area contributed by atoms with Gasteiger partial charge in [-0.15, -0.1) is 0 Å². The maximum absolute atomic E-state index is 13.0. The Labute approximate surface area is 91.0 Å². The first kappa shape index (κ1) is 11.3. The molecule has 0 bridgehead atoms. The molecule has 0 heterocycles. The highest BCUT2D eigenvalue weighted by molar-refractivity contribution is 6.36. The fraction of sp³-hybridized carbons (Fsp3) is 0.222. The topological polar surface area (TPSA) is 49.8 Å². The van der Waals surface area contributed by atoms with E-state index < -0.39 is 11.9 Å². The zero-order valence-electron chi connectivity index (χ0n) is 7.10. The predicted octanol–water partition coefficient (Wildman–Crippen LogP) is 3.05. The number of nitrogens with two attached hydrogens (primary N) is 1. The van der Waals surface area contributed by atoms with Crippen molar-refractivity contribution in [1.82, 2.24) is 0 Å². The van der Waals surface area contributed by atoms with Crippen LogP contribution in [0.5, 0.6) is 0 Å². The highest BCUT2D eigenvalue weighted by atomic mass is 35.5. The second kappa shape index (κ2) is 4.61. The number of benzene rings is 1. The molecule has 0 aromatic heterocycles. The van der Waals surface area contributed by atoms with Gasteiger partial charge in [-0.25, -0.2) is 4.39 Å². The van der Waals surface area contributed by atoms with E-state index in [1.807, 2.05) is 6.07 Å². The molecule has 1 aromatic carbocycles. The van der Waals surface area contributed by atoms with Gasteiger partial charge in [0, 0.05) is 16.6 Å². The summed E-state index contributed by atoms with van der Waals surface area (Å²) in [4.78, 5) is 0. The van der Waals surface area contributed by atoms with Gasteiger partial charge in [0.1, 0.15) is 5.82 Å². The quantitative estimate of drug-likeness (QED) is 0.798. The zero-order chi connectivity index (χ0) is 10.7. The highest BCUT2D eigenvalue weighted by Crippen LogP contribution is 2.32. The van der Waals surface area contributed by atoms with Gasteiger partial charge < -0.3 is 5.73 Å². The molecule has 0 radical (unpaired) electrons. The van der Waals surface area contributed by atoms with Crippen molar-refractivity contribution >= 4 is 23.2 Å². The molecule has 2 nitrogen and oxygen atoms in total. The normalized spacial score (nSPS) is 12.2. The average molecular weight is 233 g/mol. The van der Waals surface area contributed by atoms with Gasteiger partial charge in [0.25, 0.3) is 0 Å². The van der Waals surface area contributed by atoms with Gasteiger partial charge in [-0.05, 0) is 12.1 Å². The molecule has 0 aliphatic carbocycles. The number of nitriles is 1.